The molecule has 2 aromatic carbocycles. The quantitative estimate of drug-likeness (QED) is 0.704. The summed E-state index contributed by atoms with van der Waals surface area (Å²) in [7, 11) is 0. The Balaban J connectivity index is 2.27. The Hall–Kier alpha value is -2.95. The van der Waals surface area contributed by atoms with Crippen LogP contribution in [0.4, 0.5) is 0 Å². The van der Waals surface area contributed by atoms with E-state index in [0.717, 1.165) is 0 Å². The Labute approximate surface area is 113 Å². The number of rotatable bonds is 1. The van der Waals surface area contributed by atoms with Gasteiger partial charge in [0.15, 0.2) is 5.43 Å². The molecule has 0 saturated heterocycles. The lowest BCUT2D eigenvalue weighted by Crippen LogP contribution is -2.04. The maximum absolute atomic E-state index is 12.3. The molecule has 3 aromatic rings. The zero-order valence-electron chi connectivity index (χ0n) is 10.2. The molecule has 0 aliphatic rings. The SMILES string of the molecule is O=c1c(-c2ccc([O-])c(O)c2)coc2cc(O)ccc12. The topological polar surface area (TPSA) is 93.7 Å². The van der Waals surface area contributed by atoms with E-state index in [1.165, 1.54) is 42.7 Å². The molecule has 5 heteroatoms. The number of benzene rings is 2. The molecule has 0 atom stereocenters. The lowest BCUT2D eigenvalue weighted by atomic mass is 10.0. The van der Waals surface area contributed by atoms with Crippen molar-refractivity contribution in [3.63, 3.8) is 0 Å². The Kier molecular flexibility index (Phi) is 2.61. The molecule has 100 valence electrons. The van der Waals surface area contributed by atoms with Gasteiger partial charge in [-0.1, -0.05) is 17.9 Å². The highest BCUT2D eigenvalue weighted by atomic mass is 16.3. The van der Waals surface area contributed by atoms with E-state index in [9.17, 15) is 20.1 Å². The molecule has 0 fully saturated rings. The summed E-state index contributed by atoms with van der Waals surface area (Å²) in [6, 6.07) is 8.05. The van der Waals surface area contributed by atoms with Crippen molar-refractivity contribution in [1.82, 2.24) is 0 Å². The normalized spacial score (nSPS) is 10.8. The van der Waals surface area contributed by atoms with Crippen molar-refractivity contribution in [3.05, 3.63) is 52.9 Å². The lowest BCUT2D eigenvalue weighted by molar-refractivity contribution is -0.270. The van der Waals surface area contributed by atoms with E-state index in [2.05, 4.69) is 0 Å². The predicted octanol–water partition coefficient (Wildman–Crippen LogP) is 1.94. The first-order chi connectivity index (χ1) is 9.56. The number of hydrogen-bond acceptors (Lipinski definition) is 5. The third-order valence-electron chi connectivity index (χ3n) is 3.03. The zero-order valence-corrected chi connectivity index (χ0v) is 10.2. The van der Waals surface area contributed by atoms with E-state index in [1.807, 2.05) is 0 Å². The molecule has 0 saturated carbocycles. The van der Waals surface area contributed by atoms with Crippen LogP contribution in [0.1, 0.15) is 0 Å². The molecule has 1 aromatic heterocycles. The summed E-state index contributed by atoms with van der Waals surface area (Å²) in [6.07, 6.45) is 1.24. The minimum Gasteiger partial charge on any atom is -0.870 e. The fourth-order valence-corrected chi connectivity index (χ4v) is 2.00. The molecule has 20 heavy (non-hydrogen) atoms. The van der Waals surface area contributed by atoms with Gasteiger partial charge in [0.2, 0.25) is 0 Å². The number of aromatic hydroxyl groups is 2. The average Bonchev–Trinajstić information content (AvgIpc) is 2.42. The van der Waals surface area contributed by atoms with Crippen LogP contribution >= 0.6 is 0 Å². The molecule has 0 bridgehead atoms. The first kappa shape index (κ1) is 12.1. The second kappa shape index (κ2) is 4.31. The number of phenols is 2. The Morgan fingerprint density at radius 2 is 1.85 bits per heavy atom. The van der Waals surface area contributed by atoms with Crippen molar-refractivity contribution in [2.75, 3.05) is 0 Å². The summed E-state index contributed by atoms with van der Waals surface area (Å²) in [5.74, 6) is -0.932. The van der Waals surface area contributed by atoms with E-state index in [1.54, 1.807) is 0 Å². The minimum atomic E-state index is -0.510. The van der Waals surface area contributed by atoms with E-state index in [0.29, 0.717) is 10.9 Å². The van der Waals surface area contributed by atoms with Crippen LogP contribution in [0.25, 0.3) is 22.1 Å². The second-order valence-corrected chi connectivity index (χ2v) is 4.34. The van der Waals surface area contributed by atoms with E-state index in [4.69, 9.17) is 4.42 Å². The molecule has 0 unspecified atom stereocenters. The van der Waals surface area contributed by atoms with Gasteiger partial charge in [0.25, 0.3) is 0 Å². The monoisotopic (exact) mass is 269 g/mol. The van der Waals surface area contributed by atoms with Crippen molar-refractivity contribution in [2.24, 2.45) is 0 Å². The first-order valence-corrected chi connectivity index (χ1v) is 5.81. The van der Waals surface area contributed by atoms with Crippen molar-refractivity contribution < 1.29 is 19.7 Å². The number of fused-ring (bicyclic) bond motifs is 1. The highest BCUT2D eigenvalue weighted by Gasteiger charge is 2.10. The second-order valence-electron chi connectivity index (χ2n) is 4.34. The highest BCUT2D eigenvalue weighted by molar-refractivity contribution is 5.82. The average molecular weight is 269 g/mol. The van der Waals surface area contributed by atoms with Gasteiger partial charge in [-0.2, -0.15) is 0 Å². The van der Waals surface area contributed by atoms with Crippen molar-refractivity contribution in [3.8, 4) is 28.4 Å². The van der Waals surface area contributed by atoms with Crippen molar-refractivity contribution >= 4 is 11.0 Å². The van der Waals surface area contributed by atoms with Crippen LogP contribution in [0, 0.1) is 0 Å². The Morgan fingerprint density at radius 1 is 1.05 bits per heavy atom. The minimum absolute atomic E-state index is 0.00162. The molecule has 0 radical (unpaired) electrons. The van der Waals surface area contributed by atoms with E-state index in [-0.39, 0.29) is 22.3 Å². The highest BCUT2D eigenvalue weighted by Crippen LogP contribution is 2.28. The van der Waals surface area contributed by atoms with Gasteiger partial charge in [0.1, 0.15) is 23.3 Å². The largest absolute Gasteiger partial charge is 0.870 e. The van der Waals surface area contributed by atoms with Crippen molar-refractivity contribution in [1.29, 1.82) is 0 Å². The number of phenolic OH excluding ortho intramolecular Hbond substituents is 2. The lowest BCUT2D eigenvalue weighted by Gasteiger charge is -2.09. The van der Waals surface area contributed by atoms with Gasteiger partial charge in [0, 0.05) is 6.07 Å². The summed E-state index contributed by atoms with van der Waals surface area (Å²) in [5.41, 5.74) is 0.594. The molecule has 0 amide bonds. The van der Waals surface area contributed by atoms with Gasteiger partial charge in [-0.05, 0) is 23.8 Å². The smallest absolute Gasteiger partial charge is 0.200 e. The van der Waals surface area contributed by atoms with E-state index >= 15 is 0 Å². The van der Waals surface area contributed by atoms with Gasteiger partial charge in [-0.3, -0.25) is 4.79 Å². The molecular weight excluding hydrogens is 260 g/mol. The van der Waals surface area contributed by atoms with Crippen LogP contribution in [0.5, 0.6) is 17.2 Å². The van der Waals surface area contributed by atoms with Crippen LogP contribution in [-0.2, 0) is 0 Å². The van der Waals surface area contributed by atoms with Crippen LogP contribution in [0.3, 0.4) is 0 Å². The molecular formula is C15H9O5-. The maximum Gasteiger partial charge on any atom is 0.200 e. The Morgan fingerprint density at radius 3 is 2.60 bits per heavy atom. The molecule has 5 nitrogen and oxygen atoms in total. The standard InChI is InChI=1S/C15H10O5/c16-9-2-3-10-14(6-9)20-7-11(15(10)19)8-1-4-12(17)13(18)5-8/h1-7,16-18H/p-1. The first-order valence-electron chi connectivity index (χ1n) is 5.81. The third kappa shape index (κ3) is 1.85. The summed E-state index contributed by atoms with van der Waals surface area (Å²) >= 11 is 0. The van der Waals surface area contributed by atoms with Gasteiger partial charge in [0.05, 0.1) is 10.9 Å². The molecule has 3 rings (SSSR count). The molecule has 0 aliphatic carbocycles. The van der Waals surface area contributed by atoms with Crippen LogP contribution < -0.4 is 10.5 Å². The fourth-order valence-electron chi connectivity index (χ4n) is 2.00. The van der Waals surface area contributed by atoms with Gasteiger partial charge in [-0.15, -0.1) is 0 Å². The fraction of sp³-hybridized carbons (Fsp3) is 0. The van der Waals surface area contributed by atoms with Gasteiger partial charge < -0.3 is 19.7 Å². The molecule has 0 spiro atoms. The van der Waals surface area contributed by atoms with Crippen LogP contribution in [0.2, 0.25) is 0 Å². The zero-order chi connectivity index (χ0) is 14.3. The summed E-state index contributed by atoms with van der Waals surface area (Å²) < 4.78 is 5.31. The van der Waals surface area contributed by atoms with Gasteiger partial charge >= 0.3 is 0 Å². The van der Waals surface area contributed by atoms with E-state index < -0.39 is 11.5 Å². The Bertz CT molecular complexity index is 864. The van der Waals surface area contributed by atoms with Crippen LogP contribution in [0.15, 0.2) is 51.9 Å². The third-order valence-corrected chi connectivity index (χ3v) is 3.03. The molecule has 2 N–H and O–H groups in total. The van der Waals surface area contributed by atoms with Crippen LogP contribution in [-0.4, -0.2) is 10.2 Å². The predicted molar refractivity (Wildman–Crippen MR) is 70.7 cm³/mol. The van der Waals surface area contributed by atoms with Gasteiger partial charge in [-0.25, -0.2) is 0 Å². The summed E-state index contributed by atoms with van der Waals surface area (Å²) in [5, 5.41) is 30.2. The molecule has 0 aliphatic heterocycles. The number of hydrogen-bond donors (Lipinski definition) is 2. The maximum atomic E-state index is 12.3. The summed E-state index contributed by atoms with van der Waals surface area (Å²) in [4.78, 5) is 12.3. The van der Waals surface area contributed by atoms with Crippen molar-refractivity contribution in [2.45, 2.75) is 0 Å². The molecule has 1 heterocycles. The summed E-state index contributed by atoms with van der Waals surface area (Å²) in [6.45, 7) is 0.